The van der Waals surface area contributed by atoms with Crippen molar-refractivity contribution in [1.29, 1.82) is 0 Å². The molecule has 0 amide bonds. The van der Waals surface area contributed by atoms with Gasteiger partial charge >= 0.3 is 0 Å². The highest BCUT2D eigenvalue weighted by Gasteiger charge is 2.49. The second-order valence-electron chi connectivity index (χ2n) is 17.4. The first kappa shape index (κ1) is 33.9. The fourth-order valence-corrected chi connectivity index (χ4v) is 12.5. The SMILES string of the molecule is c1ccc2c(c1)-c1ccccc1C2CCC1(CCC2(CCC3c4ccccc4-c4ccccc43)c3ccccc3-c3ccccc32)c2ccccc2-c2ccccc21. The van der Waals surface area contributed by atoms with Gasteiger partial charge in [-0.1, -0.05) is 194 Å². The quantitative estimate of drug-likeness (QED) is 0.138. The summed E-state index contributed by atoms with van der Waals surface area (Å²) in [7, 11) is 0. The summed E-state index contributed by atoms with van der Waals surface area (Å²) in [6.45, 7) is 0. The van der Waals surface area contributed by atoms with Gasteiger partial charge in [0.15, 0.2) is 0 Å². The monoisotopic (exact) mass is 742 g/mol. The van der Waals surface area contributed by atoms with E-state index in [1.807, 2.05) is 0 Å². The maximum atomic E-state index is 2.47. The van der Waals surface area contributed by atoms with Crippen LogP contribution in [0, 0.1) is 0 Å². The van der Waals surface area contributed by atoms with Crippen molar-refractivity contribution in [2.24, 2.45) is 0 Å². The lowest BCUT2D eigenvalue weighted by molar-refractivity contribution is 0.337. The van der Waals surface area contributed by atoms with Crippen LogP contribution in [0.4, 0.5) is 0 Å². The molecule has 58 heavy (non-hydrogen) atoms. The largest absolute Gasteiger partial charge is 0.0619 e. The first-order valence-corrected chi connectivity index (χ1v) is 21.5. The topological polar surface area (TPSA) is 0 Å². The van der Waals surface area contributed by atoms with E-state index in [1.54, 1.807) is 0 Å². The van der Waals surface area contributed by atoms with E-state index in [1.165, 1.54) is 89.0 Å². The summed E-state index contributed by atoms with van der Waals surface area (Å²) in [5, 5.41) is 0. The van der Waals surface area contributed by atoms with Crippen LogP contribution < -0.4 is 0 Å². The molecule has 8 aromatic rings. The smallest absolute Gasteiger partial charge is 0.0216 e. The van der Waals surface area contributed by atoms with Crippen LogP contribution in [0.25, 0.3) is 44.5 Å². The van der Waals surface area contributed by atoms with Crippen LogP contribution >= 0.6 is 0 Å². The molecule has 0 N–H and O–H groups in total. The Bertz CT molecular complexity index is 2510. The standard InChI is InChI=1S/C58H46/c1-5-21-43-39(17-1)40-18-2-6-22-44(40)47(43)33-35-57(53-29-13-9-25-49(53)50-26-10-14-30-54(50)57)37-38-58(55-31-15-11-27-51(55)52-28-12-16-32-56(52)58)36-34-48-45-23-7-3-19-41(45)42-20-4-8-24-46(42)48/h1-32,47-48H,33-38H2. The first-order chi connectivity index (χ1) is 28.8. The molecule has 12 rings (SSSR count). The lowest BCUT2D eigenvalue weighted by atomic mass is 9.63. The molecule has 0 saturated heterocycles. The van der Waals surface area contributed by atoms with Crippen LogP contribution in [0.3, 0.4) is 0 Å². The van der Waals surface area contributed by atoms with E-state index in [0.29, 0.717) is 11.8 Å². The molecule has 0 heterocycles. The summed E-state index contributed by atoms with van der Waals surface area (Å²) in [5.41, 5.74) is 23.1. The zero-order chi connectivity index (χ0) is 38.3. The lowest BCUT2D eigenvalue weighted by Gasteiger charge is -2.40. The molecular weight excluding hydrogens is 697 g/mol. The fourth-order valence-electron chi connectivity index (χ4n) is 12.5. The highest BCUT2D eigenvalue weighted by Crippen LogP contribution is 2.61. The third kappa shape index (κ3) is 4.81. The second kappa shape index (κ2) is 13.2. The molecule has 0 saturated carbocycles. The zero-order valence-corrected chi connectivity index (χ0v) is 32.9. The Morgan fingerprint density at radius 3 is 0.741 bits per heavy atom. The van der Waals surface area contributed by atoms with Gasteiger partial charge in [-0.15, -0.1) is 0 Å². The highest BCUT2D eigenvalue weighted by atomic mass is 14.5. The number of rotatable bonds is 9. The van der Waals surface area contributed by atoms with Crippen molar-refractivity contribution in [2.45, 2.75) is 61.2 Å². The maximum absolute atomic E-state index is 2.47. The molecule has 0 radical (unpaired) electrons. The predicted molar refractivity (Wildman–Crippen MR) is 240 cm³/mol. The number of fused-ring (bicyclic) bond motifs is 12. The van der Waals surface area contributed by atoms with Gasteiger partial charge in [0.1, 0.15) is 0 Å². The molecule has 0 nitrogen and oxygen atoms in total. The maximum Gasteiger partial charge on any atom is 0.0216 e. The Morgan fingerprint density at radius 2 is 0.466 bits per heavy atom. The van der Waals surface area contributed by atoms with Gasteiger partial charge in [-0.2, -0.15) is 0 Å². The van der Waals surface area contributed by atoms with Crippen LogP contribution in [0.5, 0.6) is 0 Å². The summed E-state index contributed by atoms with van der Waals surface area (Å²) in [4.78, 5) is 0. The molecule has 0 atom stereocenters. The molecule has 8 aromatic carbocycles. The van der Waals surface area contributed by atoms with Crippen molar-refractivity contribution >= 4 is 0 Å². The summed E-state index contributed by atoms with van der Waals surface area (Å²) in [6.07, 6.45) is 6.56. The van der Waals surface area contributed by atoms with E-state index in [-0.39, 0.29) is 10.8 Å². The van der Waals surface area contributed by atoms with Gasteiger partial charge in [-0.3, -0.25) is 0 Å². The van der Waals surface area contributed by atoms with Gasteiger partial charge in [0, 0.05) is 22.7 Å². The van der Waals surface area contributed by atoms with E-state index >= 15 is 0 Å². The Labute approximate surface area is 342 Å². The molecule has 0 spiro atoms. The number of hydrogen-bond acceptors (Lipinski definition) is 0. The third-order valence-electron chi connectivity index (χ3n) is 15.0. The van der Waals surface area contributed by atoms with Gasteiger partial charge < -0.3 is 0 Å². The van der Waals surface area contributed by atoms with Crippen molar-refractivity contribution in [3.63, 3.8) is 0 Å². The van der Waals surface area contributed by atoms with E-state index < -0.39 is 0 Å². The van der Waals surface area contributed by atoms with E-state index in [2.05, 4.69) is 194 Å². The molecular formula is C58H46. The Hall–Kier alpha value is -6.24. The average molecular weight is 743 g/mol. The van der Waals surface area contributed by atoms with E-state index in [9.17, 15) is 0 Å². The summed E-state index contributed by atoms with van der Waals surface area (Å²) in [6, 6.07) is 74.4. The van der Waals surface area contributed by atoms with Crippen molar-refractivity contribution in [1.82, 2.24) is 0 Å². The van der Waals surface area contributed by atoms with Crippen molar-refractivity contribution in [3.8, 4) is 44.5 Å². The molecule has 0 aromatic heterocycles. The average Bonchev–Trinajstić information content (AvgIpc) is 3.97. The normalized spacial score (nSPS) is 15.8. The Kier molecular flexibility index (Phi) is 7.68. The fraction of sp³-hybridized carbons (Fsp3) is 0.172. The minimum absolute atomic E-state index is 0.119. The summed E-state index contributed by atoms with van der Waals surface area (Å²) >= 11 is 0. The molecule has 278 valence electrons. The number of benzene rings is 8. The van der Waals surface area contributed by atoms with Crippen LogP contribution in [-0.2, 0) is 10.8 Å². The van der Waals surface area contributed by atoms with Crippen LogP contribution in [0.2, 0.25) is 0 Å². The van der Waals surface area contributed by atoms with Gasteiger partial charge in [0.25, 0.3) is 0 Å². The van der Waals surface area contributed by atoms with E-state index in [4.69, 9.17) is 0 Å². The molecule has 0 fully saturated rings. The van der Waals surface area contributed by atoms with Crippen molar-refractivity contribution in [3.05, 3.63) is 239 Å². The zero-order valence-electron chi connectivity index (χ0n) is 32.9. The minimum Gasteiger partial charge on any atom is -0.0619 e. The molecule has 0 heteroatoms. The molecule has 4 aliphatic carbocycles. The Morgan fingerprint density at radius 1 is 0.241 bits per heavy atom. The predicted octanol–water partition coefficient (Wildman–Crippen LogP) is 14.9. The van der Waals surface area contributed by atoms with Gasteiger partial charge in [-0.05, 0) is 128 Å². The van der Waals surface area contributed by atoms with E-state index in [0.717, 1.165) is 38.5 Å². The van der Waals surface area contributed by atoms with Crippen LogP contribution in [0.1, 0.15) is 94.9 Å². The number of hydrogen-bond donors (Lipinski definition) is 0. The molecule has 0 unspecified atom stereocenters. The first-order valence-electron chi connectivity index (χ1n) is 21.5. The molecule has 0 aliphatic heterocycles. The second-order valence-corrected chi connectivity index (χ2v) is 17.4. The summed E-state index contributed by atoms with van der Waals surface area (Å²) < 4.78 is 0. The van der Waals surface area contributed by atoms with Crippen molar-refractivity contribution in [2.75, 3.05) is 0 Å². The Balaban J connectivity index is 0.992. The summed E-state index contributed by atoms with van der Waals surface area (Å²) in [5.74, 6) is 0.766. The third-order valence-corrected chi connectivity index (χ3v) is 15.0. The van der Waals surface area contributed by atoms with Crippen LogP contribution in [0.15, 0.2) is 194 Å². The van der Waals surface area contributed by atoms with Gasteiger partial charge in [-0.25, -0.2) is 0 Å². The van der Waals surface area contributed by atoms with Crippen molar-refractivity contribution < 1.29 is 0 Å². The molecule has 0 bridgehead atoms. The highest BCUT2D eigenvalue weighted by molar-refractivity contribution is 5.84. The van der Waals surface area contributed by atoms with Gasteiger partial charge in [0.2, 0.25) is 0 Å². The van der Waals surface area contributed by atoms with Gasteiger partial charge in [0.05, 0.1) is 0 Å². The minimum atomic E-state index is -0.119. The molecule has 4 aliphatic rings. The van der Waals surface area contributed by atoms with Crippen LogP contribution in [-0.4, -0.2) is 0 Å². The lowest BCUT2D eigenvalue weighted by Crippen LogP contribution is -2.33.